The van der Waals surface area contributed by atoms with Crippen molar-refractivity contribution in [3.8, 4) is 0 Å². The number of carboxylic acids is 2. The van der Waals surface area contributed by atoms with Crippen LogP contribution in [-0.4, -0.2) is 66.0 Å². The smallest absolute Gasteiger partial charge is 0.345 e. The van der Waals surface area contributed by atoms with Gasteiger partial charge in [0.05, 0.1) is 12.8 Å². The Morgan fingerprint density at radius 2 is 1.30 bits per heavy atom. The summed E-state index contributed by atoms with van der Waals surface area (Å²) in [6, 6.07) is 0. The van der Waals surface area contributed by atoms with E-state index in [2.05, 4.69) is 4.89 Å². The molecule has 124 valence electrons. The molecule has 1 unspecified atom stereocenters. The SMILES string of the molecule is N.O.O.O.O.O=C(O)CC(O)(CC(=O)OO)C(=O)O.[Ti]. The van der Waals surface area contributed by atoms with E-state index in [0.29, 0.717) is 0 Å². The van der Waals surface area contributed by atoms with Crippen molar-refractivity contribution >= 4 is 17.9 Å². The number of rotatable bonds is 5. The van der Waals surface area contributed by atoms with Gasteiger partial charge >= 0.3 is 17.9 Å². The van der Waals surface area contributed by atoms with E-state index in [9.17, 15) is 14.4 Å². The first-order valence-electron chi connectivity index (χ1n) is 3.33. The molecule has 0 fully saturated rings. The molecule has 0 spiro atoms. The Bertz CT molecular complexity index is 273. The number of aliphatic hydroxyl groups is 1. The van der Waals surface area contributed by atoms with E-state index >= 15 is 0 Å². The van der Waals surface area contributed by atoms with Crippen molar-refractivity contribution in [3.05, 3.63) is 0 Å². The third kappa shape index (κ3) is 14.9. The Kier molecular flexibility index (Phi) is 38.2. The second kappa shape index (κ2) is 17.8. The Morgan fingerprint density at radius 1 is 0.950 bits per heavy atom. The molecule has 0 aromatic rings. The molecule has 0 aliphatic carbocycles. The molecule has 0 radical (unpaired) electrons. The second-order valence-electron chi connectivity index (χ2n) is 2.55. The molecule has 20 heavy (non-hydrogen) atoms. The van der Waals surface area contributed by atoms with Crippen LogP contribution in [0.15, 0.2) is 0 Å². The molecule has 0 bridgehead atoms. The van der Waals surface area contributed by atoms with Crippen LogP contribution in [0.2, 0.25) is 0 Å². The molecule has 0 aliphatic rings. The van der Waals surface area contributed by atoms with E-state index in [4.69, 9.17) is 20.6 Å². The average Bonchev–Trinajstić information content (AvgIpc) is 2.02. The molecular formula is C6H19NO12Ti. The summed E-state index contributed by atoms with van der Waals surface area (Å²) in [6.07, 6.45) is -2.32. The maximum absolute atomic E-state index is 10.4. The fourth-order valence-electron chi connectivity index (χ4n) is 0.735. The topological polar surface area (TPSA) is 302 Å². The molecule has 0 saturated heterocycles. The fraction of sp³-hybridized carbons (Fsp3) is 0.500. The van der Waals surface area contributed by atoms with Crippen LogP contribution in [0.3, 0.4) is 0 Å². The van der Waals surface area contributed by atoms with Crippen LogP contribution in [0, 0.1) is 0 Å². The first kappa shape index (κ1) is 42.8. The van der Waals surface area contributed by atoms with Gasteiger partial charge in [0.15, 0.2) is 5.60 Å². The first-order valence-corrected chi connectivity index (χ1v) is 3.33. The third-order valence-corrected chi connectivity index (χ3v) is 1.38. The Labute approximate surface area is 126 Å². The van der Waals surface area contributed by atoms with Gasteiger partial charge < -0.3 is 48.3 Å². The summed E-state index contributed by atoms with van der Waals surface area (Å²) in [5, 5.41) is 33.6. The fourth-order valence-corrected chi connectivity index (χ4v) is 0.735. The number of hydrogen-bond acceptors (Lipinski definition) is 7. The van der Waals surface area contributed by atoms with Crippen LogP contribution in [0.1, 0.15) is 12.8 Å². The quantitative estimate of drug-likeness (QED) is 0.182. The normalized spacial score (nSPS) is 9.90. The van der Waals surface area contributed by atoms with Crippen molar-refractivity contribution in [1.29, 1.82) is 0 Å². The summed E-state index contributed by atoms with van der Waals surface area (Å²) < 4.78 is 0. The monoisotopic (exact) mass is 345 g/mol. The molecule has 0 rings (SSSR count). The molecule has 14 heteroatoms. The van der Waals surface area contributed by atoms with Crippen LogP contribution < -0.4 is 6.15 Å². The molecule has 0 amide bonds. The van der Waals surface area contributed by atoms with Gasteiger partial charge in [-0.3, -0.25) is 4.79 Å². The molecule has 13 nitrogen and oxygen atoms in total. The van der Waals surface area contributed by atoms with Crippen molar-refractivity contribution in [2.45, 2.75) is 18.4 Å². The number of carboxylic acid groups (broad SMARTS) is 2. The molecule has 15 N–H and O–H groups in total. The van der Waals surface area contributed by atoms with Gasteiger partial charge in [0.1, 0.15) is 0 Å². The molecule has 1 atom stereocenters. The van der Waals surface area contributed by atoms with E-state index in [1.807, 2.05) is 0 Å². The summed E-state index contributed by atoms with van der Waals surface area (Å²) in [4.78, 5) is 34.1. The van der Waals surface area contributed by atoms with E-state index in [1.165, 1.54) is 0 Å². The van der Waals surface area contributed by atoms with Crippen molar-refractivity contribution in [1.82, 2.24) is 6.15 Å². The van der Waals surface area contributed by atoms with Crippen LogP contribution in [0.5, 0.6) is 0 Å². The number of aliphatic carboxylic acids is 2. The standard InChI is InChI=1S/C6H8O8.H3N.4H2O.Ti/c7-3(8)1-6(12,5(10)11)2-4(9)14-13;;;;;;/h12-13H,1-2H2,(H,7,8)(H,10,11);1H3;4*1H2;. The van der Waals surface area contributed by atoms with E-state index in [1.54, 1.807) is 0 Å². The number of carbonyl (C=O) groups is 3. The van der Waals surface area contributed by atoms with Gasteiger partial charge in [-0.2, -0.15) is 5.26 Å². The number of carbonyl (C=O) groups excluding carboxylic acids is 1. The zero-order valence-electron chi connectivity index (χ0n) is 10.0. The minimum Gasteiger partial charge on any atom is -0.481 e. The second-order valence-corrected chi connectivity index (χ2v) is 2.55. The van der Waals surface area contributed by atoms with Crippen molar-refractivity contribution in [2.75, 3.05) is 0 Å². The minimum absolute atomic E-state index is 0. The first-order chi connectivity index (χ1) is 6.31. The van der Waals surface area contributed by atoms with Crippen molar-refractivity contribution in [3.63, 3.8) is 0 Å². The predicted molar refractivity (Wildman–Crippen MR) is 57.7 cm³/mol. The maximum atomic E-state index is 10.4. The molecule has 0 aromatic carbocycles. The van der Waals surface area contributed by atoms with E-state index < -0.39 is 36.4 Å². The Morgan fingerprint density at radius 3 is 1.50 bits per heavy atom. The minimum atomic E-state index is -2.77. The summed E-state index contributed by atoms with van der Waals surface area (Å²) in [5.41, 5.74) is -2.77. The summed E-state index contributed by atoms with van der Waals surface area (Å²) in [7, 11) is 0. The summed E-state index contributed by atoms with van der Waals surface area (Å²) in [5.74, 6) is -4.91. The zero-order valence-corrected chi connectivity index (χ0v) is 11.6. The van der Waals surface area contributed by atoms with Crippen LogP contribution in [0.4, 0.5) is 0 Å². The van der Waals surface area contributed by atoms with Crippen molar-refractivity contribution in [2.24, 2.45) is 0 Å². The van der Waals surface area contributed by atoms with Gasteiger partial charge in [0, 0.05) is 21.7 Å². The summed E-state index contributed by atoms with van der Waals surface area (Å²) in [6.45, 7) is 0. The average molecular weight is 345 g/mol. The Hall–Kier alpha value is -1.16. The van der Waals surface area contributed by atoms with Gasteiger partial charge in [-0.1, -0.05) is 0 Å². The van der Waals surface area contributed by atoms with E-state index in [-0.39, 0.29) is 49.8 Å². The molecule has 0 aliphatic heterocycles. The van der Waals surface area contributed by atoms with Crippen LogP contribution >= 0.6 is 0 Å². The maximum Gasteiger partial charge on any atom is 0.345 e. The zero-order chi connectivity index (χ0) is 11.4. The number of hydrogen-bond donors (Lipinski definition) is 5. The summed E-state index contributed by atoms with van der Waals surface area (Å²) >= 11 is 0. The Balaban J connectivity index is -0.0000000563. The van der Waals surface area contributed by atoms with Crippen molar-refractivity contribution < 1.29 is 83.5 Å². The van der Waals surface area contributed by atoms with Gasteiger partial charge in [-0.05, 0) is 0 Å². The predicted octanol–water partition coefficient (Wildman–Crippen LogP) is -4.46. The molecule has 0 saturated carbocycles. The van der Waals surface area contributed by atoms with Gasteiger partial charge in [-0.25, -0.2) is 9.59 Å². The van der Waals surface area contributed by atoms with Crippen LogP contribution in [0.25, 0.3) is 0 Å². The van der Waals surface area contributed by atoms with Gasteiger partial charge in [-0.15, -0.1) is 0 Å². The van der Waals surface area contributed by atoms with Crippen LogP contribution in [-0.2, 0) is 41.0 Å². The molecule has 0 heterocycles. The third-order valence-electron chi connectivity index (χ3n) is 1.38. The molecular weight excluding hydrogens is 326 g/mol. The largest absolute Gasteiger partial charge is 0.481 e. The van der Waals surface area contributed by atoms with Gasteiger partial charge in [0.25, 0.3) is 0 Å². The van der Waals surface area contributed by atoms with Gasteiger partial charge in [0.2, 0.25) is 0 Å². The molecule has 0 aromatic heterocycles. The van der Waals surface area contributed by atoms with E-state index in [0.717, 1.165) is 0 Å².